The van der Waals surface area contributed by atoms with Gasteiger partial charge in [-0.15, -0.1) is 6.58 Å². The molecule has 78 valence electrons. The second kappa shape index (κ2) is 6.06. The van der Waals surface area contributed by atoms with Gasteiger partial charge in [0.1, 0.15) is 0 Å². The number of hydrogen-bond acceptors (Lipinski definition) is 5. The predicted octanol–water partition coefficient (Wildman–Crippen LogP) is -1.82. The Morgan fingerprint density at radius 1 is 1.38 bits per heavy atom. The molecule has 0 aliphatic carbocycles. The minimum atomic E-state index is -1.51. The van der Waals surface area contributed by atoms with E-state index in [9.17, 15) is 5.11 Å². The van der Waals surface area contributed by atoms with Crippen molar-refractivity contribution in [3.8, 4) is 0 Å². The largest absolute Gasteiger partial charge is 0.394 e. The van der Waals surface area contributed by atoms with Crippen molar-refractivity contribution in [3.63, 3.8) is 0 Å². The van der Waals surface area contributed by atoms with Crippen molar-refractivity contribution in [1.29, 1.82) is 0 Å². The van der Waals surface area contributed by atoms with Gasteiger partial charge in [-0.05, 0) is 6.92 Å². The van der Waals surface area contributed by atoms with Crippen LogP contribution in [0, 0.1) is 0 Å². The molecule has 0 aliphatic heterocycles. The maximum Gasteiger partial charge on any atom is 0.166 e. The van der Waals surface area contributed by atoms with Crippen LogP contribution in [-0.2, 0) is 0 Å². The highest BCUT2D eigenvalue weighted by Gasteiger charge is 2.19. The molecule has 0 amide bonds. The highest BCUT2D eigenvalue weighted by Crippen LogP contribution is 1.98. The van der Waals surface area contributed by atoms with Crippen LogP contribution in [0.25, 0.3) is 0 Å². The average molecular weight is 191 g/mol. The first kappa shape index (κ1) is 12.5. The monoisotopic (exact) mass is 191 g/mol. The fourth-order valence-corrected chi connectivity index (χ4v) is 0.839. The summed E-state index contributed by atoms with van der Waals surface area (Å²) in [4.78, 5) is 0. The molecule has 0 saturated heterocycles. The van der Waals surface area contributed by atoms with Crippen LogP contribution in [0.3, 0.4) is 0 Å². The molecule has 13 heavy (non-hydrogen) atoms. The van der Waals surface area contributed by atoms with Gasteiger partial charge in [0.25, 0.3) is 0 Å². The molecule has 0 aromatic rings. The lowest BCUT2D eigenvalue weighted by Gasteiger charge is -2.24. The van der Waals surface area contributed by atoms with Crippen LogP contribution in [0.2, 0.25) is 0 Å². The van der Waals surface area contributed by atoms with Crippen molar-refractivity contribution in [1.82, 2.24) is 5.32 Å². The van der Waals surface area contributed by atoms with Crippen molar-refractivity contribution in [2.75, 3.05) is 6.61 Å². The van der Waals surface area contributed by atoms with Crippen LogP contribution in [-0.4, -0.2) is 51.5 Å². The van der Waals surface area contributed by atoms with Gasteiger partial charge in [0.2, 0.25) is 0 Å². The molecule has 0 heterocycles. The second-order valence-electron chi connectivity index (χ2n) is 2.88. The third-order valence-corrected chi connectivity index (χ3v) is 1.76. The first-order chi connectivity index (χ1) is 6.02. The van der Waals surface area contributed by atoms with E-state index in [0.29, 0.717) is 0 Å². The van der Waals surface area contributed by atoms with E-state index in [0.717, 1.165) is 0 Å². The van der Waals surface area contributed by atoms with Gasteiger partial charge in [0, 0.05) is 0 Å². The summed E-state index contributed by atoms with van der Waals surface area (Å²) < 4.78 is 0. The standard InChI is InChI=1S/C8H17NO4/c1-3-6(7(11)4-10)9-5(2)8(12)13/h3,5-13H,1,4H2,2H3. The zero-order chi connectivity index (χ0) is 10.4. The molecule has 0 bridgehead atoms. The Morgan fingerprint density at radius 2 is 1.92 bits per heavy atom. The predicted molar refractivity (Wildman–Crippen MR) is 47.9 cm³/mol. The van der Waals surface area contributed by atoms with Crippen molar-refractivity contribution < 1.29 is 20.4 Å². The van der Waals surface area contributed by atoms with Gasteiger partial charge in [0.15, 0.2) is 6.29 Å². The molecular formula is C8H17NO4. The first-order valence-corrected chi connectivity index (χ1v) is 4.06. The molecule has 0 radical (unpaired) electrons. The van der Waals surface area contributed by atoms with E-state index in [4.69, 9.17) is 15.3 Å². The van der Waals surface area contributed by atoms with E-state index < -0.39 is 31.1 Å². The lowest BCUT2D eigenvalue weighted by atomic mass is 10.1. The van der Waals surface area contributed by atoms with E-state index >= 15 is 0 Å². The van der Waals surface area contributed by atoms with Crippen LogP contribution >= 0.6 is 0 Å². The minimum absolute atomic E-state index is 0.405. The van der Waals surface area contributed by atoms with Gasteiger partial charge in [0.05, 0.1) is 24.8 Å². The van der Waals surface area contributed by atoms with Gasteiger partial charge in [-0.25, -0.2) is 0 Å². The zero-order valence-electron chi connectivity index (χ0n) is 7.59. The molecule has 5 heteroatoms. The SMILES string of the molecule is C=CC(NC(C)C(O)O)C(O)CO. The summed E-state index contributed by atoms with van der Waals surface area (Å²) in [5.41, 5.74) is 0. The topological polar surface area (TPSA) is 93.0 Å². The van der Waals surface area contributed by atoms with Crippen molar-refractivity contribution in [3.05, 3.63) is 12.7 Å². The average Bonchev–Trinajstić information content (AvgIpc) is 2.12. The molecule has 3 atom stereocenters. The molecule has 0 saturated carbocycles. The van der Waals surface area contributed by atoms with Gasteiger partial charge < -0.3 is 25.7 Å². The van der Waals surface area contributed by atoms with Crippen LogP contribution < -0.4 is 5.32 Å². The van der Waals surface area contributed by atoms with Gasteiger partial charge >= 0.3 is 0 Å². The Labute approximate surface area is 77.3 Å². The lowest BCUT2D eigenvalue weighted by molar-refractivity contribution is -0.0675. The van der Waals surface area contributed by atoms with Gasteiger partial charge in [-0.1, -0.05) is 6.08 Å². The summed E-state index contributed by atoms with van der Waals surface area (Å²) in [5.74, 6) is 0. The van der Waals surface area contributed by atoms with Crippen LogP contribution in [0.1, 0.15) is 6.92 Å². The van der Waals surface area contributed by atoms with Crippen LogP contribution in [0.15, 0.2) is 12.7 Å². The van der Waals surface area contributed by atoms with Gasteiger partial charge in [-0.3, -0.25) is 0 Å². The molecule has 0 aliphatic rings. The van der Waals surface area contributed by atoms with E-state index in [2.05, 4.69) is 11.9 Å². The number of aliphatic hydroxyl groups is 4. The third-order valence-electron chi connectivity index (χ3n) is 1.76. The maximum atomic E-state index is 9.20. The number of aliphatic hydroxyl groups excluding tert-OH is 3. The number of nitrogens with one attached hydrogen (secondary N) is 1. The Balaban J connectivity index is 4.04. The molecular weight excluding hydrogens is 174 g/mol. The zero-order valence-corrected chi connectivity index (χ0v) is 7.59. The smallest absolute Gasteiger partial charge is 0.166 e. The minimum Gasteiger partial charge on any atom is -0.394 e. The fraction of sp³-hybridized carbons (Fsp3) is 0.750. The number of rotatable bonds is 6. The van der Waals surface area contributed by atoms with Crippen molar-refractivity contribution in [2.45, 2.75) is 31.4 Å². The highest BCUT2D eigenvalue weighted by molar-refractivity contribution is 4.92. The molecule has 0 aromatic heterocycles. The van der Waals surface area contributed by atoms with Crippen molar-refractivity contribution in [2.24, 2.45) is 0 Å². The Morgan fingerprint density at radius 3 is 2.23 bits per heavy atom. The fourth-order valence-electron chi connectivity index (χ4n) is 0.839. The molecule has 3 unspecified atom stereocenters. The Hall–Kier alpha value is -0.460. The molecule has 0 aromatic carbocycles. The summed E-state index contributed by atoms with van der Waals surface area (Å²) in [7, 11) is 0. The summed E-state index contributed by atoms with van der Waals surface area (Å²) in [6, 6.07) is -1.15. The summed E-state index contributed by atoms with van der Waals surface area (Å²) in [5, 5.41) is 38.0. The first-order valence-electron chi connectivity index (χ1n) is 4.06. The molecule has 0 fully saturated rings. The Kier molecular flexibility index (Phi) is 5.85. The molecule has 5 nitrogen and oxygen atoms in total. The van der Waals surface area contributed by atoms with E-state index in [1.807, 2.05) is 0 Å². The summed E-state index contributed by atoms with van der Waals surface area (Å²) >= 11 is 0. The van der Waals surface area contributed by atoms with E-state index in [1.54, 1.807) is 6.92 Å². The Bertz CT molecular complexity index is 151. The lowest BCUT2D eigenvalue weighted by Crippen LogP contribution is -2.48. The van der Waals surface area contributed by atoms with E-state index in [1.165, 1.54) is 6.08 Å². The van der Waals surface area contributed by atoms with Gasteiger partial charge in [-0.2, -0.15) is 0 Å². The van der Waals surface area contributed by atoms with Crippen LogP contribution in [0.5, 0.6) is 0 Å². The molecule has 0 rings (SSSR count). The molecule has 5 N–H and O–H groups in total. The van der Waals surface area contributed by atoms with Crippen LogP contribution in [0.4, 0.5) is 0 Å². The number of hydrogen-bond donors (Lipinski definition) is 5. The highest BCUT2D eigenvalue weighted by atomic mass is 16.5. The maximum absolute atomic E-state index is 9.20. The molecule has 0 spiro atoms. The normalized spacial score (nSPS) is 18.3. The van der Waals surface area contributed by atoms with Crippen molar-refractivity contribution >= 4 is 0 Å². The third kappa shape index (κ3) is 4.35. The second-order valence-corrected chi connectivity index (χ2v) is 2.88. The quantitative estimate of drug-likeness (QED) is 0.252. The summed E-state index contributed by atoms with van der Waals surface area (Å²) in [6.45, 7) is 4.59. The van der Waals surface area contributed by atoms with E-state index in [-0.39, 0.29) is 0 Å². The summed E-state index contributed by atoms with van der Waals surface area (Å²) in [6.07, 6.45) is -1.09.